The van der Waals surface area contributed by atoms with E-state index in [1.165, 1.54) is 6.21 Å². The molecule has 4 aromatic rings. The van der Waals surface area contributed by atoms with E-state index >= 15 is 0 Å². The van der Waals surface area contributed by atoms with Gasteiger partial charge in [-0.15, -0.1) is 11.8 Å². The second-order valence-electron chi connectivity index (χ2n) is 8.20. The summed E-state index contributed by atoms with van der Waals surface area (Å²) in [7, 11) is 1.55. The molecular weight excluding hydrogens is 643 g/mol. The Morgan fingerprint density at radius 1 is 0.974 bits per heavy atom. The molecule has 0 atom stereocenters. The highest BCUT2D eigenvalue weighted by atomic mass is 79.9. The van der Waals surface area contributed by atoms with Crippen LogP contribution in [0.1, 0.15) is 27.0 Å². The van der Waals surface area contributed by atoms with E-state index in [-0.39, 0.29) is 12.5 Å². The lowest BCUT2D eigenvalue weighted by atomic mass is 10.1. The van der Waals surface area contributed by atoms with Gasteiger partial charge in [-0.1, -0.05) is 53.0 Å². The number of benzene rings is 4. The molecule has 1 N–H and O–H groups in total. The maximum absolute atomic E-state index is 12.6. The van der Waals surface area contributed by atoms with Crippen LogP contribution in [0.5, 0.6) is 11.5 Å². The van der Waals surface area contributed by atoms with Crippen molar-refractivity contribution in [2.75, 3.05) is 7.11 Å². The van der Waals surface area contributed by atoms with Crippen LogP contribution >= 0.6 is 62.5 Å². The molecule has 4 aromatic carbocycles. The van der Waals surface area contributed by atoms with Crippen molar-refractivity contribution < 1.29 is 14.3 Å². The van der Waals surface area contributed by atoms with Gasteiger partial charge >= 0.3 is 0 Å². The summed E-state index contributed by atoms with van der Waals surface area (Å²) in [5, 5.41) is 5.88. The zero-order chi connectivity index (χ0) is 27.8. The van der Waals surface area contributed by atoms with E-state index in [1.807, 2.05) is 48.5 Å². The molecule has 4 rings (SSSR count). The fourth-order valence-corrected chi connectivity index (χ4v) is 5.44. The third-order valence-electron chi connectivity index (χ3n) is 5.45. The molecule has 0 aliphatic rings. The number of carbonyl (C=O) groups excluding carboxylic acids is 1. The van der Waals surface area contributed by atoms with Gasteiger partial charge < -0.3 is 9.47 Å². The van der Waals surface area contributed by atoms with Gasteiger partial charge in [0, 0.05) is 36.8 Å². The minimum Gasteiger partial charge on any atom is -0.493 e. The molecule has 0 bridgehead atoms. The Morgan fingerprint density at radius 3 is 2.38 bits per heavy atom. The van der Waals surface area contributed by atoms with Crippen LogP contribution in [0.3, 0.4) is 0 Å². The zero-order valence-corrected chi connectivity index (χ0v) is 25.3. The Balaban J connectivity index is 1.34. The van der Waals surface area contributed by atoms with Crippen LogP contribution in [-0.2, 0) is 12.4 Å². The Labute approximate surface area is 254 Å². The number of hydrogen-bond acceptors (Lipinski definition) is 5. The van der Waals surface area contributed by atoms with Crippen molar-refractivity contribution >= 4 is 74.6 Å². The highest BCUT2D eigenvalue weighted by Gasteiger charge is 2.13. The summed E-state index contributed by atoms with van der Waals surface area (Å²) in [6.45, 7) is 0.229. The summed E-state index contributed by atoms with van der Waals surface area (Å²) in [5.41, 5.74) is 5.66. The van der Waals surface area contributed by atoms with Gasteiger partial charge in [0.25, 0.3) is 5.91 Å². The van der Waals surface area contributed by atoms with Crippen LogP contribution in [0.15, 0.2) is 93.3 Å². The molecule has 1 amide bonds. The number of hydrazone groups is 1. The van der Waals surface area contributed by atoms with Gasteiger partial charge in [-0.25, -0.2) is 5.43 Å². The molecule has 200 valence electrons. The molecule has 5 nitrogen and oxygen atoms in total. The number of amides is 1. The van der Waals surface area contributed by atoms with E-state index in [0.717, 1.165) is 21.8 Å². The number of nitrogens with zero attached hydrogens (tertiary/aromatic N) is 1. The molecule has 0 saturated heterocycles. The smallest absolute Gasteiger partial charge is 0.271 e. The summed E-state index contributed by atoms with van der Waals surface area (Å²) >= 11 is 23.4. The Kier molecular flexibility index (Phi) is 10.6. The quantitative estimate of drug-likeness (QED) is 0.104. The van der Waals surface area contributed by atoms with Crippen LogP contribution in [0.4, 0.5) is 0 Å². The maximum Gasteiger partial charge on any atom is 0.271 e. The first-order chi connectivity index (χ1) is 18.8. The molecule has 0 aliphatic carbocycles. The second kappa shape index (κ2) is 14.1. The minimum atomic E-state index is -0.311. The van der Waals surface area contributed by atoms with E-state index in [1.54, 1.807) is 49.2 Å². The fraction of sp³-hybridized carbons (Fsp3) is 0.103. The first kappa shape index (κ1) is 29.3. The van der Waals surface area contributed by atoms with Gasteiger partial charge in [-0.3, -0.25) is 4.79 Å². The predicted octanol–water partition coefficient (Wildman–Crippen LogP) is 9.05. The third kappa shape index (κ3) is 8.40. The fourth-order valence-electron chi connectivity index (χ4n) is 3.42. The number of methoxy groups -OCH3 is 1. The van der Waals surface area contributed by atoms with Crippen molar-refractivity contribution in [2.45, 2.75) is 17.3 Å². The molecule has 0 heterocycles. The predicted molar refractivity (Wildman–Crippen MR) is 164 cm³/mol. The van der Waals surface area contributed by atoms with E-state index < -0.39 is 0 Å². The number of halogens is 4. The Bertz CT molecular complexity index is 1480. The number of hydrogen-bond donors (Lipinski definition) is 1. The highest BCUT2D eigenvalue weighted by Crippen LogP contribution is 2.37. The Hall–Kier alpha value is -2.68. The first-order valence-electron chi connectivity index (χ1n) is 11.6. The summed E-state index contributed by atoms with van der Waals surface area (Å²) in [6.07, 6.45) is 1.53. The van der Waals surface area contributed by atoms with Crippen molar-refractivity contribution in [3.05, 3.63) is 121 Å². The minimum absolute atomic E-state index is 0.229. The van der Waals surface area contributed by atoms with Gasteiger partial charge in [-0.2, -0.15) is 5.10 Å². The average molecular weight is 665 g/mol. The molecule has 0 saturated carbocycles. The largest absolute Gasteiger partial charge is 0.493 e. The van der Waals surface area contributed by atoms with Gasteiger partial charge in [0.15, 0.2) is 11.5 Å². The van der Waals surface area contributed by atoms with Gasteiger partial charge in [0.1, 0.15) is 6.61 Å². The maximum atomic E-state index is 12.6. The summed E-state index contributed by atoms with van der Waals surface area (Å²) in [4.78, 5) is 13.7. The molecule has 0 fully saturated rings. The third-order valence-corrected chi connectivity index (χ3v) is 7.97. The highest BCUT2D eigenvalue weighted by molar-refractivity contribution is 9.10. The van der Waals surface area contributed by atoms with E-state index in [2.05, 4.69) is 26.5 Å². The monoisotopic (exact) mass is 662 g/mol. The van der Waals surface area contributed by atoms with E-state index in [9.17, 15) is 4.79 Å². The first-order valence-corrected chi connectivity index (χ1v) is 14.5. The lowest BCUT2D eigenvalue weighted by Gasteiger charge is -2.14. The van der Waals surface area contributed by atoms with Gasteiger partial charge in [-0.05, 0) is 87.7 Å². The SMILES string of the molecule is COc1cc(/C=N\NC(=O)c2ccc(CSc3ccc(Cl)cc3)cc2)cc(Br)c1OCc1ccc(Cl)cc1Cl. The second-order valence-corrected chi connectivity index (χ2v) is 11.4. The lowest BCUT2D eigenvalue weighted by molar-refractivity contribution is 0.0955. The number of rotatable bonds is 10. The van der Waals surface area contributed by atoms with Crippen molar-refractivity contribution in [1.29, 1.82) is 0 Å². The Morgan fingerprint density at radius 2 is 1.69 bits per heavy atom. The van der Waals surface area contributed by atoms with Crippen molar-refractivity contribution in [2.24, 2.45) is 5.10 Å². The molecule has 0 unspecified atom stereocenters. The van der Waals surface area contributed by atoms with Crippen LogP contribution < -0.4 is 14.9 Å². The lowest BCUT2D eigenvalue weighted by Crippen LogP contribution is -2.17. The normalized spacial score (nSPS) is 11.0. The number of thioether (sulfide) groups is 1. The summed E-state index contributed by atoms with van der Waals surface area (Å²) in [5.74, 6) is 1.48. The standard InChI is InChI=1S/C29H22BrCl3N2O3S/c1-37-27-13-19(12-25(30)28(27)38-16-21-6-7-23(32)14-26(21)33)15-34-35-29(36)20-4-2-18(3-5-20)17-39-24-10-8-22(31)9-11-24/h2-15H,16-17H2,1H3,(H,35,36)/b34-15-. The zero-order valence-electron chi connectivity index (χ0n) is 20.6. The number of carbonyl (C=O) groups is 1. The molecule has 10 heteroatoms. The molecule has 0 aromatic heterocycles. The van der Waals surface area contributed by atoms with Crippen molar-refractivity contribution in [3.63, 3.8) is 0 Å². The molecule has 0 spiro atoms. The van der Waals surface area contributed by atoms with E-state index in [4.69, 9.17) is 44.3 Å². The molecular formula is C29H22BrCl3N2O3S. The number of nitrogens with one attached hydrogen (secondary N) is 1. The van der Waals surface area contributed by atoms with Crippen LogP contribution in [0.2, 0.25) is 15.1 Å². The van der Waals surface area contributed by atoms with Crippen molar-refractivity contribution in [3.8, 4) is 11.5 Å². The van der Waals surface area contributed by atoms with Crippen molar-refractivity contribution in [1.82, 2.24) is 5.43 Å². The van der Waals surface area contributed by atoms with Gasteiger partial charge in [0.2, 0.25) is 0 Å². The van der Waals surface area contributed by atoms with E-state index in [0.29, 0.717) is 42.2 Å². The summed E-state index contributed by atoms with van der Waals surface area (Å²) in [6, 6.07) is 23.9. The summed E-state index contributed by atoms with van der Waals surface area (Å²) < 4.78 is 12.1. The molecule has 39 heavy (non-hydrogen) atoms. The van der Waals surface area contributed by atoms with Crippen LogP contribution in [0, 0.1) is 0 Å². The molecule has 0 aliphatic heterocycles. The molecule has 0 radical (unpaired) electrons. The average Bonchev–Trinajstić information content (AvgIpc) is 2.93. The van der Waals surface area contributed by atoms with Crippen LogP contribution in [0.25, 0.3) is 0 Å². The number of ether oxygens (including phenoxy) is 2. The van der Waals surface area contributed by atoms with Crippen LogP contribution in [-0.4, -0.2) is 19.2 Å². The topological polar surface area (TPSA) is 59.9 Å². The van der Waals surface area contributed by atoms with Gasteiger partial charge in [0.05, 0.1) is 17.8 Å².